The van der Waals surface area contributed by atoms with Crippen molar-refractivity contribution in [2.45, 2.75) is 0 Å². The lowest BCUT2D eigenvalue weighted by atomic mass is 10.1. The highest BCUT2D eigenvalue weighted by molar-refractivity contribution is 5.87. The molecule has 0 spiro atoms. The first-order valence-corrected chi connectivity index (χ1v) is 6.88. The molecule has 0 aliphatic carbocycles. The van der Waals surface area contributed by atoms with Crippen molar-refractivity contribution in [2.75, 3.05) is 5.73 Å². The van der Waals surface area contributed by atoms with Gasteiger partial charge in [0.25, 0.3) is 0 Å². The molecule has 0 fully saturated rings. The second-order valence-electron chi connectivity index (χ2n) is 4.89. The van der Waals surface area contributed by atoms with Crippen molar-refractivity contribution in [1.29, 1.82) is 0 Å². The fraction of sp³-hybridized carbons (Fsp3) is 0. The van der Waals surface area contributed by atoms with Crippen LogP contribution in [0.1, 0.15) is 10.4 Å². The Bertz CT molecular complexity index is 1000. The van der Waals surface area contributed by atoms with Crippen molar-refractivity contribution in [1.82, 2.24) is 19.6 Å². The molecule has 7 nitrogen and oxygen atoms in total. The minimum absolute atomic E-state index is 0.184. The molecule has 112 valence electrons. The van der Waals surface area contributed by atoms with Gasteiger partial charge >= 0.3 is 0 Å². The summed E-state index contributed by atoms with van der Waals surface area (Å²) in [5.41, 5.74) is 8.31. The zero-order valence-electron chi connectivity index (χ0n) is 11.9. The Kier molecular flexibility index (Phi) is 2.90. The number of nitrogens with two attached hydrogens (primary N) is 1. The monoisotopic (exact) mass is 305 g/mol. The maximum atomic E-state index is 11.2. The van der Waals surface area contributed by atoms with Crippen LogP contribution in [0.3, 0.4) is 0 Å². The Balaban J connectivity index is 1.91. The lowest BCUT2D eigenvalue weighted by molar-refractivity contribution is 0.112. The van der Waals surface area contributed by atoms with Crippen LogP contribution in [0.25, 0.3) is 28.5 Å². The van der Waals surface area contributed by atoms with Gasteiger partial charge in [-0.3, -0.25) is 4.79 Å². The Morgan fingerprint density at radius 2 is 2.00 bits per heavy atom. The molecule has 0 amide bonds. The highest BCUT2D eigenvalue weighted by Crippen LogP contribution is 2.24. The van der Waals surface area contributed by atoms with Crippen LogP contribution in [0.5, 0.6) is 0 Å². The first-order valence-electron chi connectivity index (χ1n) is 6.88. The summed E-state index contributed by atoms with van der Waals surface area (Å²) in [5, 5.41) is 4.29. The standard InChI is InChI=1S/C16H11N5O2/c17-16-18-12(11-5-2-1-4-10(11)9-22)8-14-19-15(20-21(14)16)13-6-3-7-23-13/h1-9H,(H2,17,18). The number of hydrogen-bond acceptors (Lipinski definition) is 6. The third-order valence-corrected chi connectivity index (χ3v) is 3.46. The number of aromatic nitrogens is 4. The molecule has 0 unspecified atom stereocenters. The molecule has 4 aromatic rings. The van der Waals surface area contributed by atoms with Crippen LogP contribution in [0.4, 0.5) is 5.95 Å². The van der Waals surface area contributed by atoms with E-state index in [2.05, 4.69) is 15.1 Å². The SMILES string of the molecule is Nc1nc(-c2ccccc2C=O)cc2nc(-c3ccco3)nn12. The van der Waals surface area contributed by atoms with E-state index < -0.39 is 0 Å². The number of aldehydes is 1. The summed E-state index contributed by atoms with van der Waals surface area (Å²) in [5.74, 6) is 1.15. The van der Waals surface area contributed by atoms with Gasteiger partial charge in [0.2, 0.25) is 11.8 Å². The van der Waals surface area contributed by atoms with Crippen molar-refractivity contribution < 1.29 is 9.21 Å². The quantitative estimate of drug-likeness (QED) is 0.584. The number of furan rings is 1. The molecular formula is C16H11N5O2. The third kappa shape index (κ3) is 2.15. The Hall–Kier alpha value is -3.48. The number of benzene rings is 1. The zero-order chi connectivity index (χ0) is 15.8. The summed E-state index contributed by atoms with van der Waals surface area (Å²) in [6.07, 6.45) is 2.34. The third-order valence-electron chi connectivity index (χ3n) is 3.46. The zero-order valence-corrected chi connectivity index (χ0v) is 11.9. The number of nitrogen functional groups attached to an aromatic ring is 1. The van der Waals surface area contributed by atoms with Gasteiger partial charge in [-0.1, -0.05) is 24.3 Å². The number of anilines is 1. The largest absolute Gasteiger partial charge is 0.461 e. The van der Waals surface area contributed by atoms with Crippen LogP contribution in [0, 0.1) is 0 Å². The van der Waals surface area contributed by atoms with Crippen molar-refractivity contribution in [3.05, 3.63) is 54.3 Å². The summed E-state index contributed by atoms with van der Waals surface area (Å²) in [4.78, 5) is 19.9. The molecule has 0 saturated carbocycles. The lowest BCUT2D eigenvalue weighted by Crippen LogP contribution is -2.03. The average molecular weight is 305 g/mol. The van der Waals surface area contributed by atoms with Gasteiger partial charge in [0, 0.05) is 17.2 Å². The van der Waals surface area contributed by atoms with Crippen molar-refractivity contribution >= 4 is 17.9 Å². The molecule has 0 aliphatic heterocycles. The van der Waals surface area contributed by atoms with Crippen LogP contribution < -0.4 is 5.73 Å². The number of hydrogen-bond donors (Lipinski definition) is 1. The van der Waals surface area contributed by atoms with Gasteiger partial charge in [0.1, 0.15) is 0 Å². The Labute approximate surface area is 130 Å². The van der Waals surface area contributed by atoms with Gasteiger partial charge in [-0.15, -0.1) is 5.10 Å². The van der Waals surface area contributed by atoms with Crippen LogP contribution in [-0.2, 0) is 0 Å². The maximum absolute atomic E-state index is 11.2. The van der Waals surface area contributed by atoms with Crippen LogP contribution >= 0.6 is 0 Å². The molecule has 2 N–H and O–H groups in total. The molecule has 3 aromatic heterocycles. The van der Waals surface area contributed by atoms with E-state index in [1.54, 1.807) is 36.6 Å². The molecule has 3 heterocycles. The fourth-order valence-electron chi connectivity index (χ4n) is 2.39. The minimum atomic E-state index is 0.184. The smallest absolute Gasteiger partial charge is 0.223 e. The topological polar surface area (TPSA) is 99.3 Å². The van der Waals surface area contributed by atoms with E-state index in [9.17, 15) is 4.79 Å². The number of fused-ring (bicyclic) bond motifs is 1. The molecule has 4 rings (SSSR count). The summed E-state index contributed by atoms with van der Waals surface area (Å²) in [7, 11) is 0. The van der Waals surface area contributed by atoms with E-state index in [4.69, 9.17) is 10.2 Å². The summed E-state index contributed by atoms with van der Waals surface area (Å²) < 4.78 is 6.73. The van der Waals surface area contributed by atoms with E-state index in [0.717, 1.165) is 6.29 Å². The highest BCUT2D eigenvalue weighted by Gasteiger charge is 2.14. The lowest BCUT2D eigenvalue weighted by Gasteiger charge is -2.05. The second-order valence-corrected chi connectivity index (χ2v) is 4.89. The molecule has 0 aliphatic rings. The average Bonchev–Trinajstić information content (AvgIpc) is 3.23. The predicted octanol–water partition coefficient (Wildman–Crippen LogP) is 2.45. The first-order chi connectivity index (χ1) is 11.3. The highest BCUT2D eigenvalue weighted by atomic mass is 16.3. The predicted molar refractivity (Wildman–Crippen MR) is 83.7 cm³/mol. The summed E-state index contributed by atoms with van der Waals surface area (Å²) >= 11 is 0. The molecule has 0 saturated heterocycles. The van der Waals surface area contributed by atoms with Crippen molar-refractivity contribution in [2.24, 2.45) is 0 Å². The molecule has 1 aromatic carbocycles. The van der Waals surface area contributed by atoms with Crippen LogP contribution in [-0.4, -0.2) is 25.9 Å². The Morgan fingerprint density at radius 1 is 1.13 bits per heavy atom. The van der Waals surface area contributed by atoms with E-state index >= 15 is 0 Å². The molecule has 0 bridgehead atoms. The van der Waals surface area contributed by atoms with Crippen molar-refractivity contribution in [3.63, 3.8) is 0 Å². The van der Waals surface area contributed by atoms with Gasteiger partial charge in [-0.25, -0.2) is 9.97 Å². The van der Waals surface area contributed by atoms with Gasteiger partial charge < -0.3 is 10.2 Å². The number of carbonyl (C=O) groups excluding carboxylic acids is 1. The van der Waals surface area contributed by atoms with E-state index in [1.807, 2.05) is 12.1 Å². The fourth-order valence-corrected chi connectivity index (χ4v) is 2.39. The van der Waals surface area contributed by atoms with Gasteiger partial charge in [-0.2, -0.15) is 4.52 Å². The molecule has 7 heteroatoms. The van der Waals surface area contributed by atoms with Crippen LogP contribution in [0.2, 0.25) is 0 Å². The second kappa shape index (κ2) is 5.06. The number of rotatable bonds is 3. The Morgan fingerprint density at radius 3 is 2.78 bits per heavy atom. The molecule has 23 heavy (non-hydrogen) atoms. The van der Waals surface area contributed by atoms with Crippen molar-refractivity contribution in [3.8, 4) is 22.8 Å². The molecular weight excluding hydrogens is 294 g/mol. The van der Waals surface area contributed by atoms with Gasteiger partial charge in [0.05, 0.1) is 12.0 Å². The maximum Gasteiger partial charge on any atom is 0.223 e. The first kappa shape index (κ1) is 13.2. The van der Waals surface area contributed by atoms with E-state index in [1.165, 1.54) is 4.52 Å². The van der Waals surface area contributed by atoms with Gasteiger partial charge in [0.15, 0.2) is 17.7 Å². The summed E-state index contributed by atoms with van der Waals surface area (Å²) in [6.45, 7) is 0. The minimum Gasteiger partial charge on any atom is -0.461 e. The van der Waals surface area contributed by atoms with E-state index in [0.29, 0.717) is 34.1 Å². The summed E-state index contributed by atoms with van der Waals surface area (Å²) in [6, 6.07) is 12.4. The number of nitrogens with zero attached hydrogens (tertiary/aromatic N) is 4. The van der Waals surface area contributed by atoms with Gasteiger partial charge in [-0.05, 0) is 12.1 Å². The van der Waals surface area contributed by atoms with Crippen LogP contribution in [0.15, 0.2) is 53.1 Å². The van der Waals surface area contributed by atoms with E-state index in [-0.39, 0.29) is 5.95 Å². The molecule has 0 atom stereocenters. The molecule has 0 radical (unpaired) electrons. The number of carbonyl (C=O) groups is 1. The normalized spacial score (nSPS) is 11.0.